The number of likely N-dealkylation sites (N-methyl/N-ethyl adjacent to an activating group) is 1. The predicted molar refractivity (Wildman–Crippen MR) is 52.9 cm³/mol. The number of hydrogen-bond acceptors (Lipinski definition) is 4. The van der Waals surface area contributed by atoms with Crippen LogP contribution in [0.4, 0.5) is 0 Å². The maximum absolute atomic E-state index is 11.2. The SMILES string of the molecule is CCOC(=O)C[C@@H]1[C@@H](O)CCCN1C. The molecule has 1 saturated heterocycles. The number of piperidine rings is 1. The van der Waals surface area contributed by atoms with Crippen LogP contribution in [-0.2, 0) is 9.53 Å². The summed E-state index contributed by atoms with van der Waals surface area (Å²) in [7, 11) is 1.94. The van der Waals surface area contributed by atoms with Gasteiger partial charge in [-0.25, -0.2) is 0 Å². The van der Waals surface area contributed by atoms with Gasteiger partial charge in [-0.15, -0.1) is 0 Å². The van der Waals surface area contributed by atoms with Gasteiger partial charge in [-0.3, -0.25) is 4.79 Å². The summed E-state index contributed by atoms with van der Waals surface area (Å²) in [6.07, 6.45) is 1.69. The van der Waals surface area contributed by atoms with Crippen LogP contribution >= 0.6 is 0 Å². The van der Waals surface area contributed by atoms with Crippen LogP contribution in [0.3, 0.4) is 0 Å². The number of nitrogens with zero attached hydrogens (tertiary/aromatic N) is 1. The molecule has 0 amide bonds. The van der Waals surface area contributed by atoms with Crippen molar-refractivity contribution in [3.8, 4) is 0 Å². The van der Waals surface area contributed by atoms with Gasteiger partial charge in [0.05, 0.1) is 19.1 Å². The van der Waals surface area contributed by atoms with Crippen LogP contribution in [0, 0.1) is 0 Å². The number of esters is 1. The minimum atomic E-state index is -0.391. The van der Waals surface area contributed by atoms with Gasteiger partial charge < -0.3 is 14.7 Å². The van der Waals surface area contributed by atoms with E-state index in [0.717, 1.165) is 19.4 Å². The van der Waals surface area contributed by atoms with E-state index in [1.54, 1.807) is 6.92 Å². The number of carbonyl (C=O) groups is 1. The smallest absolute Gasteiger partial charge is 0.307 e. The second-order valence-corrected chi connectivity index (χ2v) is 3.77. The van der Waals surface area contributed by atoms with E-state index in [4.69, 9.17) is 4.74 Å². The van der Waals surface area contributed by atoms with E-state index in [0.29, 0.717) is 13.0 Å². The van der Waals surface area contributed by atoms with Crippen LogP contribution in [0.25, 0.3) is 0 Å². The van der Waals surface area contributed by atoms with Crippen molar-refractivity contribution in [2.45, 2.75) is 38.3 Å². The molecule has 0 aromatic carbocycles. The summed E-state index contributed by atoms with van der Waals surface area (Å²) < 4.78 is 4.86. The topological polar surface area (TPSA) is 49.8 Å². The largest absolute Gasteiger partial charge is 0.466 e. The number of carbonyl (C=O) groups excluding carboxylic acids is 1. The fourth-order valence-electron chi connectivity index (χ4n) is 1.88. The first-order valence-electron chi connectivity index (χ1n) is 5.19. The molecule has 1 heterocycles. The van der Waals surface area contributed by atoms with Crippen LogP contribution in [0.15, 0.2) is 0 Å². The molecule has 4 nitrogen and oxygen atoms in total. The second-order valence-electron chi connectivity index (χ2n) is 3.77. The van der Waals surface area contributed by atoms with Gasteiger partial charge in [-0.05, 0) is 33.4 Å². The van der Waals surface area contributed by atoms with E-state index in [1.807, 2.05) is 11.9 Å². The van der Waals surface area contributed by atoms with Gasteiger partial charge in [0.25, 0.3) is 0 Å². The zero-order valence-electron chi connectivity index (χ0n) is 8.90. The standard InChI is InChI=1S/C10H19NO3/c1-3-14-10(13)7-8-9(12)5-4-6-11(8)2/h8-9,12H,3-7H2,1-2H3/t8-,9+/m1/s1. The minimum Gasteiger partial charge on any atom is -0.466 e. The summed E-state index contributed by atoms with van der Waals surface area (Å²) >= 11 is 0. The first kappa shape index (κ1) is 11.5. The van der Waals surface area contributed by atoms with Crippen molar-refractivity contribution < 1.29 is 14.6 Å². The lowest BCUT2D eigenvalue weighted by molar-refractivity contribution is -0.146. The number of rotatable bonds is 3. The van der Waals surface area contributed by atoms with Crippen molar-refractivity contribution in [3.63, 3.8) is 0 Å². The molecule has 0 spiro atoms. The fourth-order valence-corrected chi connectivity index (χ4v) is 1.88. The third-order valence-corrected chi connectivity index (χ3v) is 2.70. The molecule has 0 aromatic rings. The third-order valence-electron chi connectivity index (χ3n) is 2.70. The highest BCUT2D eigenvalue weighted by molar-refractivity contribution is 5.70. The highest BCUT2D eigenvalue weighted by Gasteiger charge is 2.29. The van der Waals surface area contributed by atoms with Gasteiger partial charge in [0.2, 0.25) is 0 Å². The molecule has 0 unspecified atom stereocenters. The average Bonchev–Trinajstić information content (AvgIpc) is 2.12. The lowest BCUT2D eigenvalue weighted by atomic mass is 9.97. The molecule has 1 N–H and O–H groups in total. The summed E-state index contributed by atoms with van der Waals surface area (Å²) in [6, 6.07) is -0.0669. The predicted octanol–water partition coefficient (Wildman–Crippen LogP) is 0.395. The highest BCUT2D eigenvalue weighted by Crippen LogP contribution is 2.18. The van der Waals surface area contributed by atoms with Gasteiger partial charge in [-0.1, -0.05) is 0 Å². The summed E-state index contributed by atoms with van der Waals surface area (Å²) in [5, 5.41) is 9.71. The maximum Gasteiger partial charge on any atom is 0.307 e. The summed E-state index contributed by atoms with van der Waals surface area (Å²) in [5.74, 6) is -0.217. The Bertz CT molecular complexity index is 186. The Hall–Kier alpha value is -0.610. The first-order valence-corrected chi connectivity index (χ1v) is 5.19. The van der Waals surface area contributed by atoms with Gasteiger partial charge >= 0.3 is 5.97 Å². The molecular weight excluding hydrogens is 182 g/mol. The molecule has 1 fully saturated rings. The lowest BCUT2D eigenvalue weighted by Gasteiger charge is -2.35. The number of hydrogen-bond donors (Lipinski definition) is 1. The van der Waals surface area contributed by atoms with Crippen LogP contribution in [0.5, 0.6) is 0 Å². The highest BCUT2D eigenvalue weighted by atomic mass is 16.5. The van der Waals surface area contributed by atoms with Crippen molar-refractivity contribution >= 4 is 5.97 Å². The molecule has 4 heteroatoms. The normalized spacial score (nSPS) is 28.8. The van der Waals surface area contributed by atoms with Crippen molar-refractivity contribution in [3.05, 3.63) is 0 Å². The van der Waals surface area contributed by atoms with Crippen LogP contribution in [-0.4, -0.2) is 48.3 Å². The molecule has 0 aliphatic carbocycles. The van der Waals surface area contributed by atoms with Crippen molar-refractivity contribution in [1.82, 2.24) is 4.90 Å². The summed E-state index contributed by atoms with van der Waals surface area (Å²) in [6.45, 7) is 3.14. The Morgan fingerprint density at radius 3 is 2.93 bits per heavy atom. The molecule has 1 rings (SSSR count). The zero-order valence-corrected chi connectivity index (χ0v) is 8.90. The van der Waals surface area contributed by atoms with E-state index < -0.39 is 6.10 Å². The molecule has 1 aliphatic rings. The van der Waals surface area contributed by atoms with E-state index in [1.165, 1.54) is 0 Å². The Labute approximate surface area is 84.8 Å². The Morgan fingerprint density at radius 1 is 1.64 bits per heavy atom. The van der Waals surface area contributed by atoms with Crippen LogP contribution < -0.4 is 0 Å². The van der Waals surface area contributed by atoms with E-state index in [-0.39, 0.29) is 12.0 Å². The number of aliphatic hydroxyl groups is 1. The van der Waals surface area contributed by atoms with Gasteiger partial charge in [0, 0.05) is 6.04 Å². The molecule has 14 heavy (non-hydrogen) atoms. The maximum atomic E-state index is 11.2. The summed E-state index contributed by atoms with van der Waals surface area (Å²) in [5.41, 5.74) is 0. The fraction of sp³-hybridized carbons (Fsp3) is 0.900. The number of ether oxygens (including phenoxy) is 1. The average molecular weight is 201 g/mol. The van der Waals surface area contributed by atoms with Crippen LogP contribution in [0.2, 0.25) is 0 Å². The lowest BCUT2D eigenvalue weighted by Crippen LogP contribution is -2.47. The van der Waals surface area contributed by atoms with Crippen molar-refractivity contribution in [2.24, 2.45) is 0 Å². The molecule has 0 aromatic heterocycles. The Kier molecular flexibility index (Phi) is 4.35. The molecule has 1 aliphatic heterocycles. The second kappa shape index (κ2) is 5.32. The number of aliphatic hydroxyl groups excluding tert-OH is 1. The summed E-state index contributed by atoms with van der Waals surface area (Å²) in [4.78, 5) is 13.3. The Balaban J connectivity index is 2.43. The molecule has 82 valence electrons. The van der Waals surface area contributed by atoms with Gasteiger partial charge in [0.1, 0.15) is 0 Å². The van der Waals surface area contributed by atoms with Gasteiger partial charge in [-0.2, -0.15) is 0 Å². The molecule has 2 atom stereocenters. The van der Waals surface area contributed by atoms with E-state index >= 15 is 0 Å². The van der Waals surface area contributed by atoms with Gasteiger partial charge in [0.15, 0.2) is 0 Å². The van der Waals surface area contributed by atoms with Crippen LogP contribution in [0.1, 0.15) is 26.2 Å². The van der Waals surface area contributed by atoms with Crippen molar-refractivity contribution in [2.75, 3.05) is 20.2 Å². The molecule has 0 saturated carbocycles. The van der Waals surface area contributed by atoms with E-state index in [9.17, 15) is 9.90 Å². The molecular formula is C10H19NO3. The zero-order chi connectivity index (χ0) is 10.6. The Morgan fingerprint density at radius 2 is 2.36 bits per heavy atom. The minimum absolute atomic E-state index is 0.0669. The molecule has 0 bridgehead atoms. The first-order chi connectivity index (χ1) is 6.65. The molecule has 0 radical (unpaired) electrons. The van der Waals surface area contributed by atoms with E-state index in [2.05, 4.69) is 0 Å². The quantitative estimate of drug-likeness (QED) is 0.671. The number of likely N-dealkylation sites (tertiary alicyclic amines) is 1. The van der Waals surface area contributed by atoms with Crippen molar-refractivity contribution in [1.29, 1.82) is 0 Å². The third kappa shape index (κ3) is 2.96. The monoisotopic (exact) mass is 201 g/mol.